The van der Waals surface area contributed by atoms with Gasteiger partial charge in [0.2, 0.25) is 0 Å². The molecule has 156 valence electrons. The van der Waals surface area contributed by atoms with Gasteiger partial charge in [-0.2, -0.15) is 13.2 Å². The van der Waals surface area contributed by atoms with Crippen LogP contribution in [0.3, 0.4) is 0 Å². The van der Waals surface area contributed by atoms with E-state index in [1.807, 2.05) is 0 Å². The number of para-hydroxylation sites is 1. The summed E-state index contributed by atoms with van der Waals surface area (Å²) in [7, 11) is 0. The highest BCUT2D eigenvalue weighted by atomic mass is 19.4. The topological polar surface area (TPSA) is 88.1 Å². The number of hydrogen-bond donors (Lipinski definition) is 1. The second kappa shape index (κ2) is 7.43. The van der Waals surface area contributed by atoms with E-state index in [4.69, 9.17) is 0 Å². The van der Waals surface area contributed by atoms with Gasteiger partial charge in [-0.1, -0.05) is 12.1 Å². The molecule has 1 atom stereocenters. The molecule has 1 unspecified atom stereocenters. The van der Waals surface area contributed by atoms with Gasteiger partial charge < -0.3 is 9.88 Å². The van der Waals surface area contributed by atoms with Crippen LogP contribution in [0.1, 0.15) is 35.1 Å². The quantitative estimate of drug-likeness (QED) is 0.708. The van der Waals surface area contributed by atoms with Gasteiger partial charge in [0.05, 0.1) is 16.9 Å². The van der Waals surface area contributed by atoms with Crippen molar-refractivity contribution in [3.8, 4) is 0 Å². The number of H-pyrrole nitrogens is 1. The molecule has 0 radical (unpaired) electrons. The second-order valence-corrected chi connectivity index (χ2v) is 7.06. The summed E-state index contributed by atoms with van der Waals surface area (Å²) in [6.45, 7) is -1.27. The average molecular weight is 418 g/mol. The van der Waals surface area contributed by atoms with Gasteiger partial charge in [0.1, 0.15) is 17.9 Å². The Morgan fingerprint density at radius 3 is 2.67 bits per heavy atom. The molecule has 1 aliphatic rings. The number of aromatic amines is 1. The van der Waals surface area contributed by atoms with Gasteiger partial charge >= 0.3 is 6.18 Å². The molecule has 0 aliphatic carbocycles. The molecule has 3 aromatic rings. The summed E-state index contributed by atoms with van der Waals surface area (Å²) >= 11 is 0. The summed E-state index contributed by atoms with van der Waals surface area (Å²) < 4.78 is 40.3. The summed E-state index contributed by atoms with van der Waals surface area (Å²) in [4.78, 5) is 45.9. The molecule has 1 fully saturated rings. The van der Waals surface area contributed by atoms with Crippen molar-refractivity contribution < 1.29 is 18.0 Å². The van der Waals surface area contributed by atoms with E-state index in [-0.39, 0.29) is 28.8 Å². The first-order valence-electron chi connectivity index (χ1n) is 9.31. The normalized spacial score (nSPS) is 16.9. The van der Waals surface area contributed by atoms with Crippen LogP contribution in [0.25, 0.3) is 10.9 Å². The van der Waals surface area contributed by atoms with Crippen LogP contribution in [0, 0.1) is 0 Å². The third kappa shape index (κ3) is 3.60. The third-order valence-corrected chi connectivity index (χ3v) is 5.09. The Morgan fingerprint density at radius 1 is 1.17 bits per heavy atom. The van der Waals surface area contributed by atoms with Crippen molar-refractivity contribution in [1.82, 2.24) is 19.4 Å². The number of amides is 1. The Hall–Kier alpha value is -3.43. The molecule has 4 rings (SSSR count). The number of carbonyl (C=O) groups is 1. The SMILES string of the molecule is O=C(c1ccc[nH]c1=O)N1CCCC1c1nc2ccccc2c(=O)n1CC(F)(F)F. The smallest absolute Gasteiger partial charge is 0.328 e. The van der Waals surface area contributed by atoms with Crippen LogP contribution in [0.5, 0.6) is 0 Å². The molecule has 2 aromatic heterocycles. The fourth-order valence-electron chi connectivity index (χ4n) is 3.79. The van der Waals surface area contributed by atoms with Gasteiger partial charge in [-0.05, 0) is 37.1 Å². The fraction of sp³-hybridized carbons (Fsp3) is 0.300. The van der Waals surface area contributed by atoms with Crippen molar-refractivity contribution in [3.63, 3.8) is 0 Å². The van der Waals surface area contributed by atoms with Gasteiger partial charge in [-0.15, -0.1) is 0 Å². The molecule has 1 aromatic carbocycles. The van der Waals surface area contributed by atoms with Crippen molar-refractivity contribution in [2.24, 2.45) is 0 Å². The molecular weight excluding hydrogens is 401 g/mol. The number of likely N-dealkylation sites (tertiary alicyclic amines) is 1. The van der Waals surface area contributed by atoms with Crippen molar-refractivity contribution >= 4 is 16.8 Å². The standard InChI is InChI=1S/C20H17F3N4O3/c21-20(22,23)11-27-16(25-14-7-2-1-5-12(14)18(27)29)15-8-4-10-26(15)19(30)13-6-3-9-24-17(13)28/h1-3,5-7,9,15H,4,8,10-11H2,(H,24,28). The fourth-order valence-corrected chi connectivity index (χ4v) is 3.79. The van der Waals surface area contributed by atoms with E-state index in [0.29, 0.717) is 17.4 Å². The molecule has 30 heavy (non-hydrogen) atoms. The first kappa shape index (κ1) is 19.9. The molecule has 0 bridgehead atoms. The number of nitrogens with zero attached hydrogens (tertiary/aromatic N) is 3. The molecule has 3 heterocycles. The maximum atomic E-state index is 13.2. The lowest BCUT2D eigenvalue weighted by Crippen LogP contribution is -2.39. The zero-order valence-electron chi connectivity index (χ0n) is 15.6. The predicted molar refractivity (Wildman–Crippen MR) is 102 cm³/mol. The van der Waals surface area contributed by atoms with Crippen molar-refractivity contribution in [3.05, 3.63) is 74.7 Å². The van der Waals surface area contributed by atoms with E-state index in [2.05, 4.69) is 9.97 Å². The maximum Gasteiger partial charge on any atom is 0.406 e. The highest BCUT2D eigenvalue weighted by molar-refractivity contribution is 5.94. The van der Waals surface area contributed by atoms with Crippen molar-refractivity contribution in [1.29, 1.82) is 0 Å². The van der Waals surface area contributed by atoms with E-state index in [0.717, 1.165) is 0 Å². The van der Waals surface area contributed by atoms with Crippen LogP contribution in [0.2, 0.25) is 0 Å². The Kier molecular flexibility index (Phi) is 4.92. The predicted octanol–water partition coefficient (Wildman–Crippen LogP) is 2.62. The largest absolute Gasteiger partial charge is 0.406 e. The Bertz CT molecular complexity index is 1230. The number of alkyl halides is 3. The maximum absolute atomic E-state index is 13.2. The number of fused-ring (bicyclic) bond motifs is 1. The van der Waals surface area contributed by atoms with Gasteiger partial charge in [0.25, 0.3) is 17.0 Å². The molecule has 1 aliphatic heterocycles. The number of carbonyl (C=O) groups excluding carboxylic acids is 1. The number of pyridine rings is 1. The minimum absolute atomic E-state index is 0.0703. The van der Waals surface area contributed by atoms with E-state index in [9.17, 15) is 27.6 Å². The Balaban J connectivity index is 1.86. The van der Waals surface area contributed by atoms with E-state index < -0.39 is 35.8 Å². The molecule has 10 heteroatoms. The molecule has 0 spiro atoms. The number of nitrogens with one attached hydrogen (secondary N) is 1. The van der Waals surface area contributed by atoms with Gasteiger partial charge in [0, 0.05) is 12.7 Å². The van der Waals surface area contributed by atoms with Crippen molar-refractivity contribution in [2.75, 3.05) is 6.54 Å². The van der Waals surface area contributed by atoms with Gasteiger partial charge in [-0.3, -0.25) is 19.0 Å². The Morgan fingerprint density at radius 2 is 1.93 bits per heavy atom. The van der Waals surface area contributed by atoms with E-state index in [1.54, 1.807) is 18.2 Å². The third-order valence-electron chi connectivity index (χ3n) is 5.09. The monoisotopic (exact) mass is 418 g/mol. The first-order valence-corrected chi connectivity index (χ1v) is 9.31. The van der Waals surface area contributed by atoms with Crippen LogP contribution in [0.15, 0.2) is 52.2 Å². The zero-order valence-corrected chi connectivity index (χ0v) is 15.6. The van der Waals surface area contributed by atoms with Crippen LogP contribution < -0.4 is 11.1 Å². The van der Waals surface area contributed by atoms with Crippen LogP contribution in [-0.2, 0) is 6.54 Å². The molecule has 7 nitrogen and oxygen atoms in total. The van der Waals surface area contributed by atoms with Crippen molar-refractivity contribution in [2.45, 2.75) is 31.6 Å². The second-order valence-electron chi connectivity index (χ2n) is 7.06. The van der Waals surface area contributed by atoms with Crippen LogP contribution >= 0.6 is 0 Å². The van der Waals surface area contributed by atoms with Crippen LogP contribution in [0.4, 0.5) is 13.2 Å². The number of benzene rings is 1. The summed E-state index contributed by atoms with van der Waals surface area (Å²) in [6.07, 6.45) is -2.42. The summed E-state index contributed by atoms with van der Waals surface area (Å²) in [5, 5.41) is 0.0703. The first-order chi connectivity index (χ1) is 14.3. The summed E-state index contributed by atoms with van der Waals surface area (Å²) in [5.41, 5.74) is -1.26. The number of hydrogen-bond acceptors (Lipinski definition) is 4. The highest BCUT2D eigenvalue weighted by Crippen LogP contribution is 2.33. The minimum atomic E-state index is -4.65. The lowest BCUT2D eigenvalue weighted by molar-refractivity contribution is -0.141. The average Bonchev–Trinajstić information content (AvgIpc) is 3.18. The van der Waals surface area contributed by atoms with E-state index >= 15 is 0 Å². The number of aromatic nitrogens is 3. The van der Waals surface area contributed by atoms with E-state index in [1.165, 1.54) is 29.3 Å². The summed E-state index contributed by atoms with van der Waals surface area (Å²) in [5.74, 6) is -0.741. The summed E-state index contributed by atoms with van der Waals surface area (Å²) in [6, 6.07) is 8.14. The van der Waals surface area contributed by atoms with Crippen LogP contribution in [-0.4, -0.2) is 38.1 Å². The van der Waals surface area contributed by atoms with Gasteiger partial charge in [0.15, 0.2) is 0 Å². The zero-order chi connectivity index (χ0) is 21.5. The molecule has 1 N–H and O–H groups in total. The molecule has 0 saturated carbocycles. The Labute approximate surface area is 167 Å². The molecular formula is C20H17F3N4O3. The minimum Gasteiger partial charge on any atom is -0.328 e. The number of rotatable bonds is 3. The lowest BCUT2D eigenvalue weighted by atomic mass is 10.1. The number of halogens is 3. The van der Waals surface area contributed by atoms with Gasteiger partial charge in [-0.25, -0.2) is 4.98 Å². The molecule has 1 amide bonds. The highest BCUT2D eigenvalue weighted by Gasteiger charge is 2.37. The molecule has 1 saturated heterocycles. The lowest BCUT2D eigenvalue weighted by Gasteiger charge is -2.27.